The summed E-state index contributed by atoms with van der Waals surface area (Å²) in [6.45, 7) is 0.978. The summed E-state index contributed by atoms with van der Waals surface area (Å²) < 4.78 is 13.1. The first-order valence-corrected chi connectivity index (χ1v) is 11.1. The van der Waals surface area contributed by atoms with Gasteiger partial charge in [-0.1, -0.05) is 6.07 Å². The zero-order chi connectivity index (χ0) is 21.1. The van der Waals surface area contributed by atoms with Crippen molar-refractivity contribution in [3.8, 4) is 0 Å². The van der Waals surface area contributed by atoms with Crippen LogP contribution in [0.25, 0.3) is 0 Å². The maximum Gasteiger partial charge on any atom is 0.262 e. The molecule has 0 radical (unpaired) electrons. The third kappa shape index (κ3) is 4.87. The predicted molar refractivity (Wildman–Crippen MR) is 112 cm³/mol. The summed E-state index contributed by atoms with van der Waals surface area (Å²) in [5.74, 6) is -0.965. The van der Waals surface area contributed by atoms with E-state index >= 15 is 0 Å². The van der Waals surface area contributed by atoms with E-state index in [1.807, 2.05) is 5.38 Å². The van der Waals surface area contributed by atoms with Gasteiger partial charge in [0.1, 0.15) is 11.9 Å². The Morgan fingerprint density at radius 2 is 1.73 bits per heavy atom. The molecule has 1 aliphatic heterocycles. The number of nitrogens with one attached hydrogen (secondary N) is 2. The Bertz CT molecular complexity index is 904. The lowest BCUT2D eigenvalue weighted by atomic mass is 9.88. The molecule has 1 saturated carbocycles. The summed E-state index contributed by atoms with van der Waals surface area (Å²) in [7, 11) is 0. The van der Waals surface area contributed by atoms with Crippen LogP contribution in [0.4, 0.5) is 4.39 Å². The van der Waals surface area contributed by atoms with Gasteiger partial charge in [-0.15, -0.1) is 11.3 Å². The largest absolute Gasteiger partial charge is 0.352 e. The van der Waals surface area contributed by atoms with Crippen LogP contribution in [0.1, 0.15) is 45.7 Å². The highest BCUT2D eigenvalue weighted by atomic mass is 32.1. The Morgan fingerprint density at radius 3 is 2.33 bits per heavy atom. The number of rotatable bonds is 6. The molecule has 30 heavy (non-hydrogen) atoms. The third-order valence-corrected chi connectivity index (χ3v) is 6.50. The van der Waals surface area contributed by atoms with Crippen molar-refractivity contribution in [2.75, 3.05) is 13.1 Å². The molecular formula is C22H24FN3O3S. The first-order valence-electron chi connectivity index (χ1n) is 10.2. The number of likely N-dealkylation sites (tertiary alicyclic amines) is 1. The molecule has 3 amide bonds. The molecule has 4 rings (SSSR count). The number of thiophene rings is 1. The molecule has 8 heteroatoms. The molecule has 158 valence electrons. The molecule has 0 unspecified atom stereocenters. The minimum Gasteiger partial charge on any atom is -0.352 e. The van der Waals surface area contributed by atoms with Gasteiger partial charge in [-0.3, -0.25) is 14.4 Å². The first kappa shape index (κ1) is 20.5. The van der Waals surface area contributed by atoms with Crippen LogP contribution >= 0.6 is 11.3 Å². The second kappa shape index (κ2) is 8.95. The van der Waals surface area contributed by atoms with Gasteiger partial charge < -0.3 is 15.5 Å². The Hall–Kier alpha value is -2.74. The molecule has 2 aromatic rings. The maximum absolute atomic E-state index is 13.1. The molecule has 0 bridgehead atoms. The second-order valence-electron chi connectivity index (χ2n) is 7.85. The number of benzene rings is 1. The van der Waals surface area contributed by atoms with E-state index in [1.165, 1.54) is 35.6 Å². The quantitative estimate of drug-likeness (QED) is 0.741. The van der Waals surface area contributed by atoms with Crippen LogP contribution in [0.3, 0.4) is 0 Å². The number of amides is 3. The van der Waals surface area contributed by atoms with Gasteiger partial charge in [0.25, 0.3) is 11.8 Å². The summed E-state index contributed by atoms with van der Waals surface area (Å²) in [6, 6.07) is 8.64. The Morgan fingerprint density at radius 1 is 1.03 bits per heavy atom. The fraction of sp³-hybridized carbons (Fsp3) is 0.409. The molecule has 0 spiro atoms. The van der Waals surface area contributed by atoms with Crippen molar-refractivity contribution in [2.24, 2.45) is 5.92 Å². The smallest absolute Gasteiger partial charge is 0.262 e. The van der Waals surface area contributed by atoms with Crippen molar-refractivity contribution in [3.63, 3.8) is 0 Å². The molecule has 1 atom stereocenters. The molecule has 6 nitrogen and oxygen atoms in total. The Kier molecular flexibility index (Phi) is 6.13. The SMILES string of the molecule is O=C(N[C@@H](C(=O)NC1CC1)C1CCN(C(=O)c2ccc(F)cc2)CC1)c1cccs1. The zero-order valence-electron chi connectivity index (χ0n) is 16.5. The Balaban J connectivity index is 1.40. The average Bonchev–Trinajstić information content (AvgIpc) is 3.39. The molecule has 1 aromatic heterocycles. The molecular weight excluding hydrogens is 405 g/mol. The molecule has 1 saturated heterocycles. The van der Waals surface area contributed by atoms with Crippen LogP contribution in [-0.2, 0) is 4.79 Å². The molecule has 2 N–H and O–H groups in total. The van der Waals surface area contributed by atoms with Gasteiger partial charge in [-0.2, -0.15) is 0 Å². The van der Waals surface area contributed by atoms with Gasteiger partial charge in [0, 0.05) is 24.7 Å². The van der Waals surface area contributed by atoms with Crippen molar-refractivity contribution in [3.05, 3.63) is 58.0 Å². The molecule has 2 heterocycles. The van der Waals surface area contributed by atoms with Gasteiger partial charge in [0.15, 0.2) is 0 Å². The first-order chi connectivity index (χ1) is 14.5. The van der Waals surface area contributed by atoms with E-state index in [9.17, 15) is 18.8 Å². The summed E-state index contributed by atoms with van der Waals surface area (Å²) in [4.78, 5) is 40.4. The minimum atomic E-state index is -0.622. The van der Waals surface area contributed by atoms with E-state index in [4.69, 9.17) is 0 Å². The lowest BCUT2D eigenvalue weighted by Gasteiger charge is -2.35. The van der Waals surface area contributed by atoms with Gasteiger partial charge in [0.05, 0.1) is 4.88 Å². The second-order valence-corrected chi connectivity index (χ2v) is 8.80. The van der Waals surface area contributed by atoms with E-state index in [1.54, 1.807) is 17.0 Å². The summed E-state index contributed by atoms with van der Waals surface area (Å²) in [6.07, 6.45) is 3.17. The number of piperidine rings is 1. The predicted octanol–water partition coefficient (Wildman–Crippen LogP) is 2.82. The van der Waals surface area contributed by atoms with Crippen molar-refractivity contribution in [1.82, 2.24) is 15.5 Å². The monoisotopic (exact) mass is 429 g/mol. The standard InChI is InChI=1S/C22H24FN3O3S/c23-16-5-3-15(4-6-16)22(29)26-11-9-14(10-12-26)19(21(28)24-17-7-8-17)25-20(27)18-2-1-13-30-18/h1-6,13-14,17,19H,7-12H2,(H,24,28)(H,25,27)/t19-/m1/s1. The van der Waals surface area contributed by atoms with E-state index in [-0.39, 0.29) is 35.5 Å². The van der Waals surface area contributed by atoms with Crippen molar-refractivity contribution < 1.29 is 18.8 Å². The van der Waals surface area contributed by atoms with Crippen LogP contribution in [0.2, 0.25) is 0 Å². The minimum absolute atomic E-state index is 0.0510. The number of carbonyl (C=O) groups is 3. The van der Waals surface area contributed by atoms with E-state index < -0.39 is 6.04 Å². The maximum atomic E-state index is 13.1. The molecule has 1 aromatic carbocycles. The van der Waals surface area contributed by atoms with Gasteiger partial charge in [0.2, 0.25) is 5.91 Å². The van der Waals surface area contributed by atoms with Crippen molar-refractivity contribution >= 4 is 29.1 Å². The highest BCUT2D eigenvalue weighted by Crippen LogP contribution is 2.25. The molecule has 1 aliphatic carbocycles. The highest BCUT2D eigenvalue weighted by molar-refractivity contribution is 7.12. The molecule has 2 fully saturated rings. The lowest BCUT2D eigenvalue weighted by Crippen LogP contribution is -2.54. The van der Waals surface area contributed by atoms with Crippen molar-refractivity contribution in [2.45, 2.75) is 37.8 Å². The summed E-state index contributed by atoms with van der Waals surface area (Å²) >= 11 is 1.34. The number of halogens is 1. The number of hydrogen-bond acceptors (Lipinski definition) is 4. The van der Waals surface area contributed by atoms with Crippen molar-refractivity contribution in [1.29, 1.82) is 0 Å². The normalized spacial score (nSPS) is 18.0. The Labute approximate surface area is 178 Å². The van der Waals surface area contributed by atoms with Crippen LogP contribution in [0, 0.1) is 11.7 Å². The van der Waals surface area contributed by atoms with Gasteiger partial charge >= 0.3 is 0 Å². The van der Waals surface area contributed by atoms with Crippen LogP contribution in [-0.4, -0.2) is 47.8 Å². The van der Waals surface area contributed by atoms with Crippen LogP contribution in [0.15, 0.2) is 41.8 Å². The van der Waals surface area contributed by atoms with Crippen LogP contribution in [0.5, 0.6) is 0 Å². The lowest BCUT2D eigenvalue weighted by molar-refractivity contribution is -0.124. The topological polar surface area (TPSA) is 78.5 Å². The van der Waals surface area contributed by atoms with E-state index in [2.05, 4.69) is 10.6 Å². The zero-order valence-corrected chi connectivity index (χ0v) is 17.3. The van der Waals surface area contributed by atoms with Crippen LogP contribution < -0.4 is 10.6 Å². The fourth-order valence-corrected chi connectivity index (χ4v) is 4.37. The number of hydrogen-bond donors (Lipinski definition) is 2. The fourth-order valence-electron chi connectivity index (χ4n) is 3.75. The van der Waals surface area contributed by atoms with E-state index in [0.717, 1.165) is 12.8 Å². The number of carbonyl (C=O) groups excluding carboxylic acids is 3. The molecule has 2 aliphatic rings. The average molecular weight is 430 g/mol. The highest BCUT2D eigenvalue weighted by Gasteiger charge is 2.36. The van der Waals surface area contributed by atoms with Gasteiger partial charge in [-0.05, 0) is 67.3 Å². The summed E-state index contributed by atoms with van der Waals surface area (Å²) in [5.41, 5.74) is 0.448. The summed E-state index contributed by atoms with van der Waals surface area (Å²) in [5, 5.41) is 7.75. The number of nitrogens with zero attached hydrogens (tertiary/aromatic N) is 1. The third-order valence-electron chi connectivity index (χ3n) is 5.63. The van der Waals surface area contributed by atoms with Gasteiger partial charge in [-0.25, -0.2) is 4.39 Å². The van der Waals surface area contributed by atoms with E-state index in [0.29, 0.717) is 36.4 Å².